The topological polar surface area (TPSA) is 75.0 Å². The standard InChI is InChI=1S/C18H26N4O.ClH/c1-22(18(23)11-12-19)13-7-3-6-10-16-14-17(21-20-16)15-8-4-2-5-9-15;/h2,4-5,8-9,14H,3,6-7,10-13,19H2,1H3,(H,20,21);1H. The van der Waals surface area contributed by atoms with Gasteiger partial charge in [-0.2, -0.15) is 5.10 Å². The minimum absolute atomic E-state index is 0. The first kappa shape index (κ1) is 20.2. The van der Waals surface area contributed by atoms with Gasteiger partial charge in [0.2, 0.25) is 5.91 Å². The average molecular weight is 351 g/mol. The second kappa shape index (κ2) is 10.8. The molecule has 1 heterocycles. The summed E-state index contributed by atoms with van der Waals surface area (Å²) in [5.41, 5.74) is 8.69. The van der Waals surface area contributed by atoms with Gasteiger partial charge in [0.15, 0.2) is 0 Å². The number of carbonyl (C=O) groups is 1. The molecule has 1 aromatic heterocycles. The zero-order valence-electron chi connectivity index (χ0n) is 14.2. The van der Waals surface area contributed by atoms with Gasteiger partial charge in [-0.3, -0.25) is 9.89 Å². The molecule has 0 aliphatic carbocycles. The van der Waals surface area contributed by atoms with E-state index in [1.807, 2.05) is 25.2 Å². The quantitative estimate of drug-likeness (QED) is 0.682. The lowest BCUT2D eigenvalue weighted by molar-refractivity contribution is -0.129. The van der Waals surface area contributed by atoms with Gasteiger partial charge >= 0.3 is 0 Å². The van der Waals surface area contributed by atoms with Crippen molar-refractivity contribution in [3.8, 4) is 11.3 Å². The summed E-state index contributed by atoms with van der Waals surface area (Å²) in [6.45, 7) is 1.23. The van der Waals surface area contributed by atoms with Crippen molar-refractivity contribution in [2.24, 2.45) is 5.73 Å². The highest BCUT2D eigenvalue weighted by atomic mass is 35.5. The summed E-state index contributed by atoms with van der Waals surface area (Å²) < 4.78 is 0. The molecule has 0 saturated carbocycles. The van der Waals surface area contributed by atoms with Crippen LogP contribution < -0.4 is 5.73 Å². The molecule has 5 nitrogen and oxygen atoms in total. The van der Waals surface area contributed by atoms with Crippen molar-refractivity contribution < 1.29 is 4.79 Å². The van der Waals surface area contributed by atoms with Crippen molar-refractivity contribution in [2.75, 3.05) is 20.1 Å². The van der Waals surface area contributed by atoms with Gasteiger partial charge in [0, 0.05) is 37.8 Å². The second-order valence-corrected chi connectivity index (χ2v) is 5.81. The zero-order valence-corrected chi connectivity index (χ0v) is 15.0. The molecule has 2 rings (SSSR count). The summed E-state index contributed by atoms with van der Waals surface area (Å²) in [7, 11) is 1.85. The largest absolute Gasteiger partial charge is 0.346 e. The highest BCUT2D eigenvalue weighted by Crippen LogP contribution is 2.17. The van der Waals surface area contributed by atoms with Gasteiger partial charge in [0.25, 0.3) is 0 Å². The molecule has 132 valence electrons. The predicted octanol–water partition coefficient (Wildman–Crippen LogP) is 3.02. The van der Waals surface area contributed by atoms with Gasteiger partial charge in [-0.1, -0.05) is 36.8 Å². The monoisotopic (exact) mass is 350 g/mol. The van der Waals surface area contributed by atoms with E-state index >= 15 is 0 Å². The number of nitrogens with one attached hydrogen (secondary N) is 1. The van der Waals surface area contributed by atoms with Gasteiger partial charge in [0.05, 0.1) is 5.69 Å². The first-order valence-corrected chi connectivity index (χ1v) is 8.24. The summed E-state index contributed by atoms with van der Waals surface area (Å²) in [4.78, 5) is 13.4. The maximum atomic E-state index is 11.6. The van der Waals surface area contributed by atoms with E-state index in [-0.39, 0.29) is 18.3 Å². The van der Waals surface area contributed by atoms with Crippen LogP contribution in [0.1, 0.15) is 31.4 Å². The van der Waals surface area contributed by atoms with Crippen LogP contribution >= 0.6 is 12.4 Å². The Hall–Kier alpha value is -1.85. The van der Waals surface area contributed by atoms with E-state index in [1.54, 1.807) is 4.90 Å². The summed E-state index contributed by atoms with van der Waals surface area (Å²) in [6.07, 6.45) is 4.63. The zero-order chi connectivity index (χ0) is 16.5. The Morgan fingerprint density at radius 3 is 2.67 bits per heavy atom. The van der Waals surface area contributed by atoms with Crippen LogP contribution in [-0.4, -0.2) is 41.1 Å². The number of unbranched alkanes of at least 4 members (excludes halogenated alkanes) is 2. The molecule has 0 saturated heterocycles. The Morgan fingerprint density at radius 2 is 1.96 bits per heavy atom. The first-order valence-electron chi connectivity index (χ1n) is 8.24. The molecule has 2 aromatic rings. The van der Waals surface area contributed by atoms with Gasteiger partial charge in [-0.25, -0.2) is 0 Å². The third-order valence-corrected chi connectivity index (χ3v) is 3.92. The number of rotatable bonds is 9. The second-order valence-electron chi connectivity index (χ2n) is 5.81. The first-order chi connectivity index (χ1) is 11.2. The fraction of sp³-hybridized carbons (Fsp3) is 0.444. The van der Waals surface area contributed by atoms with Gasteiger partial charge in [-0.05, 0) is 25.3 Å². The van der Waals surface area contributed by atoms with Crippen LogP contribution in [0.15, 0.2) is 36.4 Å². The molecule has 0 fully saturated rings. The minimum Gasteiger partial charge on any atom is -0.346 e. The SMILES string of the molecule is CN(CCCCCc1cc(-c2ccccc2)n[nH]1)C(=O)CCN.Cl. The Kier molecular flexibility index (Phi) is 9.12. The fourth-order valence-electron chi connectivity index (χ4n) is 2.53. The van der Waals surface area contributed by atoms with Crippen LogP contribution in [0.2, 0.25) is 0 Å². The molecule has 0 bridgehead atoms. The summed E-state index contributed by atoms with van der Waals surface area (Å²) in [5, 5.41) is 7.48. The van der Waals surface area contributed by atoms with Crippen molar-refractivity contribution in [1.82, 2.24) is 15.1 Å². The maximum Gasteiger partial charge on any atom is 0.223 e. The molecule has 0 spiro atoms. The van der Waals surface area contributed by atoms with Crippen molar-refractivity contribution in [2.45, 2.75) is 32.1 Å². The van der Waals surface area contributed by atoms with E-state index in [0.29, 0.717) is 13.0 Å². The Morgan fingerprint density at radius 1 is 1.21 bits per heavy atom. The number of halogens is 1. The number of benzene rings is 1. The van der Waals surface area contributed by atoms with Crippen molar-refractivity contribution in [1.29, 1.82) is 0 Å². The lowest BCUT2D eigenvalue weighted by atomic mass is 10.1. The predicted molar refractivity (Wildman–Crippen MR) is 100 cm³/mol. The lowest BCUT2D eigenvalue weighted by Crippen LogP contribution is -2.29. The number of hydrogen-bond acceptors (Lipinski definition) is 3. The van der Waals surface area contributed by atoms with Gasteiger partial charge < -0.3 is 10.6 Å². The fourth-order valence-corrected chi connectivity index (χ4v) is 2.53. The molecule has 0 aliphatic rings. The normalized spacial score (nSPS) is 10.2. The number of aryl methyl sites for hydroxylation is 1. The third-order valence-electron chi connectivity index (χ3n) is 3.92. The number of H-pyrrole nitrogens is 1. The number of hydrogen-bond donors (Lipinski definition) is 2. The van der Waals surface area contributed by atoms with E-state index in [2.05, 4.69) is 28.4 Å². The number of aromatic amines is 1. The number of amides is 1. The Bertz CT molecular complexity index is 600. The van der Waals surface area contributed by atoms with Crippen molar-refractivity contribution in [3.05, 3.63) is 42.1 Å². The van der Waals surface area contributed by atoms with Crippen LogP contribution in [0.5, 0.6) is 0 Å². The Balaban J connectivity index is 0.00000288. The van der Waals surface area contributed by atoms with Crippen LogP contribution in [0.25, 0.3) is 11.3 Å². The smallest absolute Gasteiger partial charge is 0.223 e. The van der Waals surface area contributed by atoms with Crippen LogP contribution in [0.3, 0.4) is 0 Å². The third kappa shape index (κ3) is 6.34. The van der Waals surface area contributed by atoms with Crippen molar-refractivity contribution in [3.63, 3.8) is 0 Å². The minimum atomic E-state index is 0. The summed E-state index contributed by atoms with van der Waals surface area (Å²) in [5.74, 6) is 0.133. The summed E-state index contributed by atoms with van der Waals surface area (Å²) in [6, 6.07) is 12.3. The van der Waals surface area contributed by atoms with Crippen LogP contribution in [-0.2, 0) is 11.2 Å². The van der Waals surface area contributed by atoms with Gasteiger partial charge in [0.1, 0.15) is 0 Å². The molecule has 0 atom stereocenters. The molecule has 0 unspecified atom stereocenters. The molecule has 24 heavy (non-hydrogen) atoms. The average Bonchev–Trinajstić information content (AvgIpc) is 3.04. The van der Waals surface area contributed by atoms with E-state index in [1.165, 1.54) is 0 Å². The maximum absolute atomic E-state index is 11.6. The molecule has 1 aromatic carbocycles. The number of nitrogens with zero attached hydrogens (tertiary/aromatic N) is 2. The van der Waals surface area contributed by atoms with E-state index < -0.39 is 0 Å². The summed E-state index contributed by atoms with van der Waals surface area (Å²) >= 11 is 0. The van der Waals surface area contributed by atoms with Crippen molar-refractivity contribution >= 4 is 18.3 Å². The highest BCUT2D eigenvalue weighted by Gasteiger charge is 2.07. The number of nitrogens with two attached hydrogens (primary N) is 1. The van der Waals surface area contributed by atoms with Crippen LogP contribution in [0, 0.1) is 0 Å². The molecule has 0 radical (unpaired) electrons. The molecular formula is C18H27ClN4O. The highest BCUT2D eigenvalue weighted by molar-refractivity contribution is 5.85. The molecule has 0 aliphatic heterocycles. The number of carbonyl (C=O) groups excluding carboxylic acids is 1. The Labute approximate surface area is 150 Å². The lowest BCUT2D eigenvalue weighted by Gasteiger charge is -2.16. The van der Waals surface area contributed by atoms with Crippen LogP contribution in [0.4, 0.5) is 0 Å². The van der Waals surface area contributed by atoms with E-state index in [9.17, 15) is 4.79 Å². The molecule has 3 N–H and O–H groups in total. The molecular weight excluding hydrogens is 324 g/mol. The number of aromatic nitrogens is 2. The molecule has 1 amide bonds. The van der Waals surface area contributed by atoms with E-state index in [4.69, 9.17) is 5.73 Å². The van der Waals surface area contributed by atoms with Gasteiger partial charge in [-0.15, -0.1) is 12.4 Å². The molecule has 6 heteroatoms. The van der Waals surface area contributed by atoms with E-state index in [0.717, 1.165) is 49.2 Å².